The number of likely N-dealkylation sites (N-methyl/N-ethyl adjacent to an activating group) is 1. The van der Waals surface area contributed by atoms with Crippen molar-refractivity contribution < 1.29 is 14.3 Å². The van der Waals surface area contributed by atoms with E-state index in [0.717, 1.165) is 5.56 Å². The van der Waals surface area contributed by atoms with Gasteiger partial charge < -0.3 is 15.4 Å². The van der Waals surface area contributed by atoms with Gasteiger partial charge >= 0.3 is 0 Å². The third kappa shape index (κ3) is 2.17. The second-order valence-electron chi connectivity index (χ2n) is 7.82. The van der Waals surface area contributed by atoms with E-state index < -0.39 is 5.41 Å². The quantitative estimate of drug-likeness (QED) is 0.798. The molecule has 2 atom stereocenters. The number of Topliss-reactive ketones (excluding diaryl/α,β-unsaturated/α-hetero) is 1. The molecular weight excluding hydrogens is 378 g/mol. The fourth-order valence-electron chi connectivity index (χ4n) is 5.03. The molecule has 0 saturated heterocycles. The molecule has 0 fully saturated rings. The van der Waals surface area contributed by atoms with Crippen LogP contribution in [-0.2, 0) is 19.7 Å². The molecule has 6 heteroatoms. The number of allylic oxidation sites excluding steroid dienone is 1. The molecule has 6 nitrogen and oxygen atoms in total. The molecule has 2 aromatic rings. The van der Waals surface area contributed by atoms with E-state index in [1.807, 2.05) is 42.5 Å². The lowest BCUT2D eigenvalue weighted by atomic mass is 9.63. The number of hydrogen-bond donors (Lipinski definition) is 1. The molecule has 0 unspecified atom stereocenters. The largest absolute Gasteiger partial charge is 0.444 e. The molecule has 1 amide bonds. The minimum absolute atomic E-state index is 0.0189. The molecular formula is C24H19N3O3. The zero-order valence-corrected chi connectivity index (χ0v) is 16.4. The Labute approximate surface area is 173 Å². The number of hydrogen-bond acceptors (Lipinski definition) is 5. The van der Waals surface area contributed by atoms with Crippen LogP contribution in [0.1, 0.15) is 29.9 Å². The number of fused-ring (bicyclic) bond motifs is 3. The van der Waals surface area contributed by atoms with Gasteiger partial charge in [0.25, 0.3) is 0 Å². The van der Waals surface area contributed by atoms with Gasteiger partial charge in [0.1, 0.15) is 22.8 Å². The van der Waals surface area contributed by atoms with Gasteiger partial charge in [0, 0.05) is 31.1 Å². The summed E-state index contributed by atoms with van der Waals surface area (Å²) in [4.78, 5) is 28.7. The van der Waals surface area contributed by atoms with Crippen LogP contribution in [-0.4, -0.2) is 18.7 Å². The van der Waals surface area contributed by atoms with Gasteiger partial charge in [0.05, 0.1) is 5.57 Å². The lowest BCUT2D eigenvalue weighted by molar-refractivity contribution is -0.124. The van der Waals surface area contributed by atoms with Gasteiger partial charge in [-0.25, -0.2) is 0 Å². The Morgan fingerprint density at radius 2 is 1.80 bits per heavy atom. The van der Waals surface area contributed by atoms with Crippen molar-refractivity contribution >= 4 is 17.4 Å². The predicted molar refractivity (Wildman–Crippen MR) is 110 cm³/mol. The Balaban J connectivity index is 1.76. The predicted octanol–water partition coefficient (Wildman–Crippen LogP) is 3.03. The van der Waals surface area contributed by atoms with Crippen LogP contribution in [0.2, 0.25) is 0 Å². The maximum Gasteiger partial charge on any atom is 0.247 e. The SMILES string of the molecule is CN1C(=O)[C@]2(C(C#N)=C(N)OC3=C2C(=O)C[C@H](c2ccccc2)C3)c2ccccc21. The smallest absolute Gasteiger partial charge is 0.247 e. The van der Waals surface area contributed by atoms with Crippen molar-refractivity contribution in [1.82, 2.24) is 0 Å². The summed E-state index contributed by atoms with van der Waals surface area (Å²) in [6, 6.07) is 19.0. The summed E-state index contributed by atoms with van der Waals surface area (Å²) in [6.45, 7) is 0. The molecule has 2 aromatic carbocycles. The number of nitriles is 1. The summed E-state index contributed by atoms with van der Waals surface area (Å²) < 4.78 is 5.82. The van der Waals surface area contributed by atoms with Crippen LogP contribution in [0.4, 0.5) is 5.69 Å². The number of ketones is 1. The van der Waals surface area contributed by atoms with E-state index in [9.17, 15) is 14.9 Å². The third-order valence-corrected chi connectivity index (χ3v) is 6.33. The van der Waals surface area contributed by atoms with E-state index in [0.29, 0.717) is 23.4 Å². The second-order valence-corrected chi connectivity index (χ2v) is 7.82. The number of para-hydroxylation sites is 1. The highest BCUT2D eigenvalue weighted by Gasteiger charge is 2.61. The topological polar surface area (TPSA) is 96.4 Å². The number of rotatable bonds is 1. The van der Waals surface area contributed by atoms with Crippen molar-refractivity contribution in [2.75, 3.05) is 11.9 Å². The molecule has 0 bridgehead atoms. The molecule has 30 heavy (non-hydrogen) atoms. The normalized spacial score (nSPS) is 25.2. The maximum absolute atomic E-state index is 13.6. The third-order valence-electron chi connectivity index (χ3n) is 6.33. The number of carbonyl (C=O) groups is 2. The van der Waals surface area contributed by atoms with Crippen LogP contribution in [0.3, 0.4) is 0 Å². The molecule has 1 spiro atoms. The van der Waals surface area contributed by atoms with Gasteiger partial charge in [0.2, 0.25) is 11.8 Å². The molecule has 0 saturated carbocycles. The van der Waals surface area contributed by atoms with Crippen LogP contribution in [0, 0.1) is 11.3 Å². The van der Waals surface area contributed by atoms with E-state index in [1.54, 1.807) is 19.2 Å². The number of carbonyl (C=O) groups excluding carboxylic acids is 2. The Morgan fingerprint density at radius 1 is 1.10 bits per heavy atom. The van der Waals surface area contributed by atoms with Crippen molar-refractivity contribution in [3.63, 3.8) is 0 Å². The zero-order valence-electron chi connectivity index (χ0n) is 16.4. The van der Waals surface area contributed by atoms with E-state index in [2.05, 4.69) is 6.07 Å². The molecule has 2 aliphatic heterocycles. The van der Waals surface area contributed by atoms with E-state index in [4.69, 9.17) is 10.5 Å². The van der Waals surface area contributed by atoms with Crippen LogP contribution < -0.4 is 10.6 Å². The van der Waals surface area contributed by atoms with Crippen molar-refractivity contribution in [1.29, 1.82) is 5.26 Å². The molecule has 2 heterocycles. The maximum atomic E-state index is 13.6. The minimum atomic E-state index is -1.55. The van der Waals surface area contributed by atoms with Gasteiger partial charge in [-0.2, -0.15) is 5.26 Å². The number of benzene rings is 2. The van der Waals surface area contributed by atoms with Gasteiger partial charge in [-0.3, -0.25) is 9.59 Å². The van der Waals surface area contributed by atoms with Crippen molar-refractivity contribution in [2.24, 2.45) is 5.73 Å². The van der Waals surface area contributed by atoms with E-state index in [-0.39, 0.29) is 41.1 Å². The summed E-state index contributed by atoms with van der Waals surface area (Å²) >= 11 is 0. The van der Waals surface area contributed by atoms with Gasteiger partial charge in [-0.1, -0.05) is 48.5 Å². The van der Waals surface area contributed by atoms with Crippen molar-refractivity contribution in [3.8, 4) is 6.07 Å². The summed E-state index contributed by atoms with van der Waals surface area (Å²) in [5, 5.41) is 9.95. The standard InChI is InChI=1S/C24H19N3O3/c1-27-18-10-6-5-9-16(18)24(23(27)29)17(13-25)22(26)30-20-12-15(11-19(28)21(20)24)14-7-3-2-4-8-14/h2-10,15H,11-12,26H2,1H3/t15-,24-/m0/s1. The Hall–Kier alpha value is -3.85. The molecule has 0 radical (unpaired) electrons. The summed E-state index contributed by atoms with van der Waals surface area (Å²) in [7, 11) is 1.65. The van der Waals surface area contributed by atoms with Crippen LogP contribution in [0.25, 0.3) is 0 Å². The highest BCUT2D eigenvalue weighted by molar-refractivity contribution is 6.19. The Kier molecular flexibility index (Phi) is 3.84. The number of amides is 1. The molecule has 2 N–H and O–H groups in total. The molecule has 3 aliphatic rings. The highest BCUT2D eigenvalue weighted by Crippen LogP contribution is 2.56. The highest BCUT2D eigenvalue weighted by atomic mass is 16.5. The minimum Gasteiger partial charge on any atom is -0.444 e. The van der Waals surface area contributed by atoms with Gasteiger partial charge in [-0.15, -0.1) is 0 Å². The first-order valence-electron chi connectivity index (χ1n) is 9.77. The lowest BCUT2D eigenvalue weighted by Gasteiger charge is -2.39. The van der Waals surface area contributed by atoms with E-state index in [1.165, 1.54) is 4.90 Å². The fourth-order valence-corrected chi connectivity index (χ4v) is 5.03. The summed E-state index contributed by atoms with van der Waals surface area (Å²) in [6.07, 6.45) is 0.678. The molecule has 1 aliphatic carbocycles. The zero-order chi connectivity index (χ0) is 21.0. The van der Waals surface area contributed by atoms with Crippen LogP contribution >= 0.6 is 0 Å². The summed E-state index contributed by atoms with van der Waals surface area (Å²) in [5.41, 5.74) is 7.14. The Morgan fingerprint density at radius 3 is 2.53 bits per heavy atom. The first-order valence-corrected chi connectivity index (χ1v) is 9.77. The Bertz CT molecular complexity index is 1210. The number of nitrogens with two attached hydrogens (primary N) is 1. The average Bonchev–Trinajstić information content (AvgIpc) is 2.97. The fraction of sp³-hybridized carbons (Fsp3) is 0.208. The summed E-state index contributed by atoms with van der Waals surface area (Å²) in [5.74, 6) is -0.351. The second kappa shape index (κ2) is 6.33. The van der Waals surface area contributed by atoms with Crippen molar-refractivity contribution in [2.45, 2.75) is 24.2 Å². The van der Waals surface area contributed by atoms with Gasteiger partial charge in [0.15, 0.2) is 5.78 Å². The number of nitrogens with zero attached hydrogens (tertiary/aromatic N) is 2. The van der Waals surface area contributed by atoms with Gasteiger partial charge in [-0.05, 0) is 17.5 Å². The molecule has 148 valence electrons. The van der Waals surface area contributed by atoms with Crippen molar-refractivity contribution in [3.05, 3.63) is 88.5 Å². The average molecular weight is 397 g/mol. The number of anilines is 1. The number of ether oxygens (including phenoxy) is 1. The van der Waals surface area contributed by atoms with Crippen LogP contribution in [0.5, 0.6) is 0 Å². The van der Waals surface area contributed by atoms with Crippen LogP contribution in [0.15, 0.2) is 77.4 Å². The van der Waals surface area contributed by atoms with E-state index >= 15 is 0 Å². The molecule has 5 rings (SSSR count). The first-order chi connectivity index (χ1) is 14.5. The monoisotopic (exact) mass is 397 g/mol. The first kappa shape index (κ1) is 18.2. The lowest BCUT2D eigenvalue weighted by Crippen LogP contribution is -2.48. The molecule has 0 aromatic heterocycles.